The Hall–Kier alpha value is -1.91. The molecule has 0 saturated heterocycles. The van der Waals surface area contributed by atoms with Crippen molar-refractivity contribution in [3.63, 3.8) is 0 Å². The first kappa shape index (κ1) is 9.64. The highest BCUT2D eigenvalue weighted by atomic mass is 19.3. The molecule has 0 atom stereocenters. The fourth-order valence-electron chi connectivity index (χ4n) is 1.48. The van der Waals surface area contributed by atoms with E-state index in [1.807, 2.05) is 0 Å². The Morgan fingerprint density at radius 2 is 2.13 bits per heavy atom. The summed E-state index contributed by atoms with van der Waals surface area (Å²) in [5.41, 5.74) is 0.166. The van der Waals surface area contributed by atoms with Crippen LogP contribution in [0.2, 0.25) is 0 Å². The van der Waals surface area contributed by atoms with Crippen LogP contribution in [0.25, 0.3) is 10.9 Å². The van der Waals surface area contributed by atoms with Gasteiger partial charge in [0.15, 0.2) is 0 Å². The summed E-state index contributed by atoms with van der Waals surface area (Å²) in [6, 6.07) is 5.63. The fraction of sp³-hybridized carbons (Fsp3) is 0.100. The number of fused-ring (bicyclic) bond motifs is 1. The van der Waals surface area contributed by atoms with E-state index in [0.717, 1.165) is 0 Å². The molecule has 0 spiro atoms. The van der Waals surface area contributed by atoms with Crippen LogP contribution in [0, 0.1) is 0 Å². The van der Waals surface area contributed by atoms with Crippen LogP contribution in [0.1, 0.15) is 22.5 Å². The fourth-order valence-corrected chi connectivity index (χ4v) is 1.48. The molecule has 0 bridgehead atoms. The predicted molar refractivity (Wildman–Crippen MR) is 50.2 cm³/mol. The lowest BCUT2D eigenvalue weighted by Crippen LogP contribution is -1.95. The molecule has 2 rings (SSSR count). The maximum absolute atomic E-state index is 12.4. The van der Waals surface area contributed by atoms with Crippen LogP contribution in [0.15, 0.2) is 24.3 Å². The summed E-state index contributed by atoms with van der Waals surface area (Å²) < 4.78 is 24.7. The Morgan fingerprint density at radius 3 is 2.73 bits per heavy atom. The second-order valence-electron chi connectivity index (χ2n) is 3.10. The zero-order chi connectivity index (χ0) is 11.0. The number of aromatic carboxylic acids is 1. The Morgan fingerprint density at radius 1 is 1.40 bits per heavy atom. The third kappa shape index (κ3) is 1.56. The van der Waals surface area contributed by atoms with Gasteiger partial charge in [-0.1, -0.05) is 6.07 Å². The first-order chi connectivity index (χ1) is 7.09. The van der Waals surface area contributed by atoms with Crippen molar-refractivity contribution in [1.82, 2.24) is 4.98 Å². The molecule has 78 valence electrons. The minimum absolute atomic E-state index is 0.0238. The smallest absolute Gasteiger partial charge is 0.336 e. The Balaban J connectivity index is 2.70. The van der Waals surface area contributed by atoms with Gasteiger partial charge in [-0.3, -0.25) is 0 Å². The Bertz CT molecular complexity index is 519. The molecule has 5 heteroatoms. The zero-order valence-electron chi connectivity index (χ0n) is 7.50. The zero-order valence-corrected chi connectivity index (χ0v) is 7.50. The van der Waals surface area contributed by atoms with Crippen molar-refractivity contribution in [2.45, 2.75) is 6.43 Å². The molecule has 1 heterocycles. The van der Waals surface area contributed by atoms with E-state index in [4.69, 9.17) is 5.11 Å². The molecule has 0 aliphatic rings. The molecule has 15 heavy (non-hydrogen) atoms. The minimum atomic E-state index is -2.63. The number of hydrogen-bond acceptors (Lipinski definition) is 1. The van der Waals surface area contributed by atoms with E-state index >= 15 is 0 Å². The first-order valence-electron chi connectivity index (χ1n) is 4.22. The molecule has 0 aliphatic carbocycles. The second kappa shape index (κ2) is 3.34. The number of aromatic amines is 1. The molecule has 0 fully saturated rings. The lowest BCUT2D eigenvalue weighted by atomic mass is 10.1. The SMILES string of the molecule is O=C(O)c1cccc2[nH]c(C(F)F)cc12. The number of alkyl halides is 2. The number of rotatable bonds is 2. The van der Waals surface area contributed by atoms with E-state index in [-0.39, 0.29) is 11.3 Å². The van der Waals surface area contributed by atoms with Gasteiger partial charge in [-0.2, -0.15) is 0 Å². The molecule has 3 nitrogen and oxygen atoms in total. The number of nitrogens with one attached hydrogen (secondary N) is 1. The largest absolute Gasteiger partial charge is 0.478 e. The van der Waals surface area contributed by atoms with Crippen molar-refractivity contribution >= 4 is 16.9 Å². The van der Waals surface area contributed by atoms with Crippen LogP contribution in [0.5, 0.6) is 0 Å². The lowest BCUT2D eigenvalue weighted by molar-refractivity contribution is 0.0699. The van der Waals surface area contributed by atoms with Gasteiger partial charge in [0.05, 0.1) is 11.3 Å². The monoisotopic (exact) mass is 211 g/mol. The van der Waals surface area contributed by atoms with Crippen molar-refractivity contribution in [2.75, 3.05) is 0 Å². The van der Waals surface area contributed by atoms with Gasteiger partial charge >= 0.3 is 5.97 Å². The first-order valence-corrected chi connectivity index (χ1v) is 4.22. The Kier molecular flexibility index (Phi) is 2.15. The molecule has 1 aromatic heterocycles. The molecule has 1 aromatic carbocycles. The van der Waals surface area contributed by atoms with E-state index in [9.17, 15) is 13.6 Å². The molecule has 0 radical (unpaired) electrons. The number of carbonyl (C=O) groups is 1. The van der Waals surface area contributed by atoms with E-state index in [2.05, 4.69) is 4.98 Å². The molecule has 2 aromatic rings. The third-order valence-electron chi connectivity index (χ3n) is 2.15. The molecule has 0 amide bonds. The third-order valence-corrected chi connectivity index (χ3v) is 2.15. The van der Waals surface area contributed by atoms with Crippen molar-refractivity contribution in [1.29, 1.82) is 0 Å². The summed E-state index contributed by atoms with van der Waals surface area (Å²) in [5.74, 6) is -1.12. The summed E-state index contributed by atoms with van der Waals surface area (Å²) in [5, 5.41) is 9.14. The van der Waals surface area contributed by atoms with Crippen LogP contribution < -0.4 is 0 Å². The van der Waals surface area contributed by atoms with Gasteiger partial charge in [-0.25, -0.2) is 13.6 Å². The van der Waals surface area contributed by atoms with Gasteiger partial charge in [0.2, 0.25) is 0 Å². The number of hydrogen-bond donors (Lipinski definition) is 2. The van der Waals surface area contributed by atoms with Crippen LogP contribution in [-0.4, -0.2) is 16.1 Å². The summed E-state index contributed by atoms with van der Waals surface area (Å²) in [4.78, 5) is 13.3. The highest BCUT2D eigenvalue weighted by molar-refractivity contribution is 6.03. The van der Waals surface area contributed by atoms with Gasteiger partial charge in [0.1, 0.15) is 0 Å². The van der Waals surface area contributed by atoms with Crippen molar-refractivity contribution < 1.29 is 18.7 Å². The van der Waals surface area contributed by atoms with E-state index in [1.165, 1.54) is 18.2 Å². The van der Waals surface area contributed by atoms with Crippen LogP contribution >= 0.6 is 0 Å². The number of benzene rings is 1. The summed E-state index contributed by atoms with van der Waals surface area (Å²) in [7, 11) is 0. The van der Waals surface area contributed by atoms with Crippen LogP contribution in [0.3, 0.4) is 0 Å². The maximum Gasteiger partial charge on any atom is 0.336 e. The molecule has 0 unspecified atom stereocenters. The lowest BCUT2D eigenvalue weighted by Gasteiger charge is -1.94. The quantitative estimate of drug-likeness (QED) is 0.802. The van der Waals surface area contributed by atoms with Crippen molar-refractivity contribution in [3.05, 3.63) is 35.5 Å². The highest BCUT2D eigenvalue weighted by Gasteiger charge is 2.14. The number of H-pyrrole nitrogens is 1. The molecule has 2 N–H and O–H groups in total. The van der Waals surface area contributed by atoms with E-state index in [0.29, 0.717) is 10.9 Å². The molecular weight excluding hydrogens is 204 g/mol. The van der Waals surface area contributed by atoms with Gasteiger partial charge in [0, 0.05) is 10.9 Å². The number of halogens is 2. The Labute approximate surface area is 83.3 Å². The molecule has 0 saturated carbocycles. The summed E-state index contributed by atoms with van der Waals surface area (Å²) in [6.45, 7) is 0. The van der Waals surface area contributed by atoms with Gasteiger partial charge < -0.3 is 10.1 Å². The normalized spacial score (nSPS) is 11.1. The molecular formula is C10H7F2NO2. The van der Waals surface area contributed by atoms with Gasteiger partial charge in [-0.15, -0.1) is 0 Å². The van der Waals surface area contributed by atoms with Crippen LogP contribution in [0.4, 0.5) is 8.78 Å². The van der Waals surface area contributed by atoms with Gasteiger partial charge in [0.25, 0.3) is 6.43 Å². The van der Waals surface area contributed by atoms with Crippen molar-refractivity contribution in [2.24, 2.45) is 0 Å². The van der Waals surface area contributed by atoms with Gasteiger partial charge in [-0.05, 0) is 18.2 Å². The van der Waals surface area contributed by atoms with Crippen LogP contribution in [-0.2, 0) is 0 Å². The standard InChI is InChI=1S/C10H7F2NO2/c11-9(12)8-4-6-5(10(14)15)2-1-3-7(6)13-8/h1-4,9,13H,(H,14,15). The topological polar surface area (TPSA) is 53.1 Å². The summed E-state index contributed by atoms with van der Waals surface area (Å²) >= 11 is 0. The second-order valence-corrected chi connectivity index (χ2v) is 3.10. The number of carboxylic acid groups (broad SMARTS) is 1. The average molecular weight is 211 g/mol. The maximum atomic E-state index is 12.4. The minimum Gasteiger partial charge on any atom is -0.478 e. The predicted octanol–water partition coefficient (Wildman–Crippen LogP) is 2.80. The average Bonchev–Trinajstić information content (AvgIpc) is 2.60. The number of aromatic nitrogens is 1. The summed E-state index contributed by atoms with van der Waals surface area (Å²) in [6.07, 6.45) is -2.63. The van der Waals surface area contributed by atoms with E-state index < -0.39 is 12.4 Å². The molecule has 0 aliphatic heterocycles. The highest BCUT2D eigenvalue weighted by Crippen LogP contribution is 2.25. The number of carboxylic acids is 1. The van der Waals surface area contributed by atoms with E-state index in [1.54, 1.807) is 6.07 Å². The van der Waals surface area contributed by atoms with Crippen molar-refractivity contribution in [3.8, 4) is 0 Å².